The Bertz CT molecular complexity index is 649. The molecule has 172 valence electrons. The molecule has 0 spiro atoms. The minimum Gasteiger partial charge on any atom is -0.481 e. The van der Waals surface area contributed by atoms with Gasteiger partial charge >= 0.3 is 5.97 Å². The zero-order valence-corrected chi connectivity index (χ0v) is 19.5. The second kappa shape index (κ2) is 8.06. The maximum Gasteiger partial charge on any atom is 0.303 e. The SMILES string of the molecule is CC[C@H]1[C@@H](O)[C@@H]2[C@H]([C@@H](O)C[C@]3(C)[C@@H](C(C)CCC(=O)O)CC[C@@H]23)[C@@]2(C)CCCC[C@@H]12. The summed E-state index contributed by atoms with van der Waals surface area (Å²) in [6, 6.07) is 0. The lowest BCUT2D eigenvalue weighted by molar-refractivity contribution is -0.229. The minimum atomic E-state index is -0.713. The van der Waals surface area contributed by atoms with Crippen molar-refractivity contribution in [2.45, 2.75) is 104 Å². The molecule has 4 aliphatic carbocycles. The molecule has 1 unspecified atom stereocenters. The Morgan fingerprint density at radius 3 is 2.47 bits per heavy atom. The van der Waals surface area contributed by atoms with Crippen molar-refractivity contribution < 1.29 is 20.1 Å². The molecule has 4 heteroatoms. The fourth-order valence-electron chi connectivity index (χ4n) is 9.68. The summed E-state index contributed by atoms with van der Waals surface area (Å²) in [5.74, 6) is 1.84. The van der Waals surface area contributed by atoms with E-state index in [1.165, 1.54) is 25.7 Å². The third-order valence-corrected chi connectivity index (χ3v) is 10.8. The number of rotatable bonds is 5. The number of aliphatic carboxylic acids is 1. The normalized spacial score (nSPS) is 51.5. The Labute approximate surface area is 182 Å². The highest BCUT2D eigenvalue weighted by atomic mass is 16.4. The monoisotopic (exact) mass is 420 g/mol. The fraction of sp³-hybridized carbons (Fsp3) is 0.962. The highest BCUT2D eigenvalue weighted by Crippen LogP contribution is 2.69. The van der Waals surface area contributed by atoms with Gasteiger partial charge in [-0.15, -0.1) is 0 Å². The molecule has 0 heterocycles. The second-order valence-corrected chi connectivity index (χ2v) is 12.0. The molecule has 0 aromatic carbocycles. The van der Waals surface area contributed by atoms with Crippen LogP contribution in [0.15, 0.2) is 0 Å². The summed E-state index contributed by atoms with van der Waals surface area (Å²) in [7, 11) is 0. The van der Waals surface area contributed by atoms with Crippen LogP contribution in [0.2, 0.25) is 0 Å². The molecule has 4 fully saturated rings. The highest BCUT2D eigenvalue weighted by molar-refractivity contribution is 5.66. The number of carboxylic acid groups (broad SMARTS) is 1. The van der Waals surface area contributed by atoms with Gasteiger partial charge in [0, 0.05) is 6.42 Å². The van der Waals surface area contributed by atoms with Crippen LogP contribution in [0.25, 0.3) is 0 Å². The summed E-state index contributed by atoms with van der Waals surface area (Å²) in [6.45, 7) is 9.25. The van der Waals surface area contributed by atoms with Crippen molar-refractivity contribution in [1.82, 2.24) is 0 Å². The van der Waals surface area contributed by atoms with Gasteiger partial charge in [0.25, 0.3) is 0 Å². The van der Waals surface area contributed by atoms with Crippen LogP contribution in [0.1, 0.15) is 91.9 Å². The first kappa shape index (κ1) is 22.6. The van der Waals surface area contributed by atoms with Crippen molar-refractivity contribution in [3.63, 3.8) is 0 Å². The number of carbonyl (C=O) groups is 1. The molecule has 4 saturated carbocycles. The Kier molecular flexibility index (Phi) is 6.07. The first-order chi connectivity index (χ1) is 14.1. The van der Waals surface area contributed by atoms with Crippen LogP contribution in [-0.2, 0) is 4.79 Å². The number of aliphatic hydroxyl groups is 2. The van der Waals surface area contributed by atoms with E-state index in [1.54, 1.807) is 0 Å². The van der Waals surface area contributed by atoms with Crippen molar-refractivity contribution in [3.8, 4) is 0 Å². The third kappa shape index (κ3) is 3.27. The molecule has 11 atom stereocenters. The highest BCUT2D eigenvalue weighted by Gasteiger charge is 2.66. The standard InChI is InChI=1S/C26H44O4/c1-5-16-18-8-6-7-13-25(18,3)23-20(27)14-26(4)17(15(2)9-12-21(28)29)10-11-19(26)22(23)24(16)30/h15-20,22-24,27,30H,5-14H2,1-4H3,(H,28,29)/t15?,16-,17-,18+,19+,20+,22+,23+,24-,25+,26-/m1/s1. The topological polar surface area (TPSA) is 77.8 Å². The van der Waals surface area contributed by atoms with Gasteiger partial charge in [-0.2, -0.15) is 0 Å². The maximum absolute atomic E-state index is 11.7. The lowest BCUT2D eigenvalue weighted by atomic mass is 9.41. The molecule has 0 aromatic rings. The average molecular weight is 421 g/mol. The van der Waals surface area contributed by atoms with Crippen LogP contribution in [-0.4, -0.2) is 33.5 Å². The molecule has 0 bridgehead atoms. The predicted molar refractivity (Wildman–Crippen MR) is 118 cm³/mol. The van der Waals surface area contributed by atoms with Gasteiger partial charge in [-0.1, -0.05) is 47.0 Å². The molecular weight excluding hydrogens is 376 g/mol. The first-order valence-electron chi connectivity index (χ1n) is 12.7. The van der Waals surface area contributed by atoms with Gasteiger partial charge in [0.05, 0.1) is 12.2 Å². The van der Waals surface area contributed by atoms with Gasteiger partial charge in [-0.3, -0.25) is 4.79 Å². The summed E-state index contributed by atoms with van der Waals surface area (Å²) in [5.41, 5.74) is 0.159. The lowest BCUT2D eigenvalue weighted by Gasteiger charge is -2.65. The molecule has 0 aromatic heterocycles. The Morgan fingerprint density at radius 1 is 1.07 bits per heavy atom. The molecule has 0 radical (unpaired) electrons. The summed E-state index contributed by atoms with van der Waals surface area (Å²) in [5, 5.41) is 32.5. The van der Waals surface area contributed by atoms with Gasteiger partial charge in [0.1, 0.15) is 0 Å². The van der Waals surface area contributed by atoms with Gasteiger partial charge in [-0.05, 0) is 90.8 Å². The summed E-state index contributed by atoms with van der Waals surface area (Å²) < 4.78 is 0. The molecule has 4 nitrogen and oxygen atoms in total. The Balaban J connectivity index is 1.66. The molecule has 3 N–H and O–H groups in total. The van der Waals surface area contributed by atoms with E-state index in [-0.39, 0.29) is 41.3 Å². The molecular formula is C26H44O4. The Hall–Kier alpha value is -0.610. The van der Waals surface area contributed by atoms with Crippen molar-refractivity contribution in [3.05, 3.63) is 0 Å². The van der Waals surface area contributed by atoms with Crippen molar-refractivity contribution >= 4 is 5.97 Å². The second-order valence-electron chi connectivity index (χ2n) is 12.0. The van der Waals surface area contributed by atoms with E-state index >= 15 is 0 Å². The van der Waals surface area contributed by atoms with Crippen LogP contribution in [0.5, 0.6) is 0 Å². The number of fused-ring (bicyclic) bond motifs is 5. The number of aliphatic hydroxyl groups excluding tert-OH is 2. The fourth-order valence-corrected chi connectivity index (χ4v) is 9.68. The van der Waals surface area contributed by atoms with Crippen LogP contribution < -0.4 is 0 Å². The summed E-state index contributed by atoms with van der Waals surface area (Å²) in [6.07, 6.45) is 9.31. The minimum absolute atomic E-state index is 0.00956. The van der Waals surface area contributed by atoms with Crippen molar-refractivity contribution in [2.24, 2.45) is 52.3 Å². The summed E-state index contributed by atoms with van der Waals surface area (Å²) >= 11 is 0. The molecule has 0 saturated heterocycles. The largest absolute Gasteiger partial charge is 0.481 e. The number of hydrogen-bond donors (Lipinski definition) is 3. The van der Waals surface area contributed by atoms with Crippen LogP contribution in [0.3, 0.4) is 0 Å². The van der Waals surface area contributed by atoms with Gasteiger partial charge in [0.2, 0.25) is 0 Å². The maximum atomic E-state index is 11.7. The number of hydrogen-bond acceptors (Lipinski definition) is 3. The van der Waals surface area contributed by atoms with Gasteiger partial charge in [-0.25, -0.2) is 0 Å². The average Bonchev–Trinajstić information content (AvgIpc) is 3.02. The van der Waals surface area contributed by atoms with Crippen LogP contribution in [0.4, 0.5) is 0 Å². The summed E-state index contributed by atoms with van der Waals surface area (Å²) in [4.78, 5) is 11.1. The smallest absolute Gasteiger partial charge is 0.303 e. The van der Waals surface area contributed by atoms with E-state index in [0.717, 1.165) is 25.7 Å². The van der Waals surface area contributed by atoms with E-state index in [4.69, 9.17) is 5.11 Å². The van der Waals surface area contributed by atoms with Crippen molar-refractivity contribution in [2.75, 3.05) is 0 Å². The molecule has 4 rings (SSSR count). The molecule has 4 aliphatic rings. The van der Waals surface area contributed by atoms with Gasteiger partial charge in [0.15, 0.2) is 0 Å². The predicted octanol–water partition coefficient (Wildman–Crippen LogP) is 5.11. The van der Waals surface area contributed by atoms with E-state index in [2.05, 4.69) is 27.7 Å². The lowest BCUT2D eigenvalue weighted by Crippen LogP contribution is -2.65. The van der Waals surface area contributed by atoms with Crippen LogP contribution in [0, 0.1) is 52.3 Å². The van der Waals surface area contributed by atoms with Gasteiger partial charge < -0.3 is 15.3 Å². The van der Waals surface area contributed by atoms with E-state index in [1.807, 2.05) is 0 Å². The molecule has 0 aliphatic heterocycles. The Morgan fingerprint density at radius 2 is 1.80 bits per heavy atom. The number of carboxylic acids is 1. The van der Waals surface area contributed by atoms with E-state index < -0.39 is 5.97 Å². The molecule has 30 heavy (non-hydrogen) atoms. The van der Waals surface area contributed by atoms with E-state index in [0.29, 0.717) is 36.0 Å². The third-order valence-electron chi connectivity index (χ3n) is 10.8. The van der Waals surface area contributed by atoms with Crippen molar-refractivity contribution in [1.29, 1.82) is 0 Å². The quantitative estimate of drug-likeness (QED) is 0.577. The zero-order valence-electron chi connectivity index (χ0n) is 19.5. The van der Waals surface area contributed by atoms with Crippen LogP contribution >= 0.6 is 0 Å². The first-order valence-corrected chi connectivity index (χ1v) is 12.7. The van der Waals surface area contributed by atoms with E-state index in [9.17, 15) is 15.0 Å². The molecule has 0 amide bonds. The zero-order chi connectivity index (χ0) is 21.8.